The first kappa shape index (κ1) is 22.2. The predicted octanol–water partition coefficient (Wildman–Crippen LogP) is 2.27. The van der Waals surface area contributed by atoms with Crippen LogP contribution in [0.2, 0.25) is 0 Å². The fraction of sp³-hybridized carbons (Fsp3) is 0.909. The van der Waals surface area contributed by atoms with Crippen LogP contribution in [0.3, 0.4) is 0 Å². The number of guanidine groups is 1. The molecular formula is C11H23F3IN3OS. The summed E-state index contributed by atoms with van der Waals surface area (Å²) in [6.45, 7) is 5.79. The molecule has 0 aliphatic heterocycles. The molecule has 0 saturated heterocycles. The number of rotatable bonds is 5. The Bertz CT molecular complexity index is 330. The standard InChI is InChI=1S/C11H22F3N3OS.HI/c1-10(2,3)19(18)8-7-17-9(15-4)16-6-5-11(12,13)14;/h5-8H2,1-4H3,(H2,15,16,17);1H. The molecule has 0 fully saturated rings. The molecule has 1 unspecified atom stereocenters. The third-order valence-electron chi connectivity index (χ3n) is 2.19. The molecule has 0 amide bonds. The second-order valence-electron chi connectivity index (χ2n) is 4.95. The molecule has 0 aliphatic rings. The molecule has 122 valence electrons. The Hall–Kier alpha value is -0.0600. The molecule has 2 N–H and O–H groups in total. The largest absolute Gasteiger partial charge is 0.390 e. The Morgan fingerprint density at radius 3 is 2.05 bits per heavy atom. The van der Waals surface area contributed by atoms with E-state index < -0.39 is 23.4 Å². The van der Waals surface area contributed by atoms with E-state index in [2.05, 4.69) is 15.6 Å². The highest BCUT2D eigenvalue weighted by molar-refractivity contribution is 14.0. The van der Waals surface area contributed by atoms with Crippen molar-refractivity contribution in [2.45, 2.75) is 38.1 Å². The first-order valence-electron chi connectivity index (χ1n) is 5.96. The number of halogens is 4. The minimum atomic E-state index is -4.18. The van der Waals surface area contributed by atoms with E-state index in [9.17, 15) is 17.4 Å². The van der Waals surface area contributed by atoms with Crippen molar-refractivity contribution >= 4 is 40.7 Å². The zero-order valence-electron chi connectivity index (χ0n) is 12.1. The van der Waals surface area contributed by atoms with Crippen LogP contribution >= 0.6 is 24.0 Å². The van der Waals surface area contributed by atoms with E-state index in [1.807, 2.05) is 20.8 Å². The van der Waals surface area contributed by atoms with Crippen LogP contribution in [-0.4, -0.2) is 47.0 Å². The molecule has 0 aliphatic carbocycles. The van der Waals surface area contributed by atoms with Crippen molar-refractivity contribution in [1.82, 2.24) is 10.6 Å². The molecule has 20 heavy (non-hydrogen) atoms. The van der Waals surface area contributed by atoms with Gasteiger partial charge < -0.3 is 10.6 Å². The summed E-state index contributed by atoms with van der Waals surface area (Å²) in [6.07, 6.45) is -5.10. The Kier molecular flexibility index (Phi) is 10.9. The Morgan fingerprint density at radius 1 is 1.15 bits per heavy atom. The molecule has 0 bridgehead atoms. The molecule has 0 saturated carbocycles. The first-order valence-corrected chi connectivity index (χ1v) is 7.28. The summed E-state index contributed by atoms with van der Waals surface area (Å²) in [7, 11) is 0.475. The Balaban J connectivity index is 0. The molecule has 0 aromatic rings. The van der Waals surface area contributed by atoms with E-state index in [1.54, 1.807) is 0 Å². The zero-order valence-corrected chi connectivity index (χ0v) is 15.3. The van der Waals surface area contributed by atoms with Gasteiger partial charge in [0, 0.05) is 41.4 Å². The average molecular weight is 429 g/mol. The van der Waals surface area contributed by atoms with Crippen LogP contribution in [0.25, 0.3) is 0 Å². The van der Waals surface area contributed by atoms with Gasteiger partial charge in [-0.1, -0.05) is 0 Å². The van der Waals surface area contributed by atoms with Gasteiger partial charge in [0.05, 0.1) is 6.42 Å². The fourth-order valence-electron chi connectivity index (χ4n) is 1.11. The molecule has 0 spiro atoms. The number of nitrogens with zero attached hydrogens (tertiary/aromatic N) is 1. The van der Waals surface area contributed by atoms with Crippen molar-refractivity contribution in [1.29, 1.82) is 0 Å². The van der Waals surface area contributed by atoms with Gasteiger partial charge >= 0.3 is 6.18 Å². The molecule has 0 rings (SSSR count). The Labute approximate surface area is 137 Å². The average Bonchev–Trinajstić information content (AvgIpc) is 2.23. The quantitative estimate of drug-likeness (QED) is 0.401. The lowest BCUT2D eigenvalue weighted by molar-refractivity contribution is -0.132. The van der Waals surface area contributed by atoms with Gasteiger partial charge in [0.25, 0.3) is 0 Å². The lowest BCUT2D eigenvalue weighted by atomic mass is 10.3. The number of aliphatic imine (C=N–C) groups is 1. The number of nitrogens with one attached hydrogen (secondary N) is 2. The van der Waals surface area contributed by atoms with Gasteiger partial charge in [-0.25, -0.2) is 0 Å². The molecule has 0 heterocycles. The molecule has 4 nitrogen and oxygen atoms in total. The molecule has 0 aromatic carbocycles. The summed E-state index contributed by atoms with van der Waals surface area (Å²) >= 11 is 0. The first-order chi connectivity index (χ1) is 8.56. The van der Waals surface area contributed by atoms with E-state index >= 15 is 0 Å². The van der Waals surface area contributed by atoms with Gasteiger partial charge in [0.2, 0.25) is 0 Å². The van der Waals surface area contributed by atoms with Crippen molar-refractivity contribution < 1.29 is 17.4 Å². The van der Waals surface area contributed by atoms with Gasteiger partial charge in [0.1, 0.15) is 0 Å². The molecule has 0 radical (unpaired) electrons. The fourth-order valence-corrected chi connectivity index (χ4v) is 2.01. The molecule has 0 aromatic heterocycles. The van der Waals surface area contributed by atoms with Crippen LogP contribution < -0.4 is 10.6 Å². The monoisotopic (exact) mass is 429 g/mol. The van der Waals surface area contributed by atoms with E-state index in [0.717, 1.165) is 0 Å². The van der Waals surface area contributed by atoms with E-state index in [1.165, 1.54) is 7.05 Å². The second-order valence-corrected chi connectivity index (χ2v) is 7.28. The zero-order chi connectivity index (χ0) is 15.1. The molecule has 1 atom stereocenters. The highest BCUT2D eigenvalue weighted by Gasteiger charge is 2.26. The van der Waals surface area contributed by atoms with Crippen molar-refractivity contribution in [3.8, 4) is 0 Å². The van der Waals surface area contributed by atoms with Crippen LogP contribution in [0.1, 0.15) is 27.2 Å². The second kappa shape index (κ2) is 9.80. The van der Waals surface area contributed by atoms with E-state index in [-0.39, 0.29) is 41.2 Å². The maximum absolute atomic E-state index is 12.0. The molecular weight excluding hydrogens is 406 g/mol. The summed E-state index contributed by atoms with van der Waals surface area (Å²) in [4.78, 5) is 3.79. The summed E-state index contributed by atoms with van der Waals surface area (Å²) in [6, 6.07) is 0. The Morgan fingerprint density at radius 2 is 1.65 bits per heavy atom. The number of hydrogen-bond acceptors (Lipinski definition) is 2. The highest BCUT2D eigenvalue weighted by Crippen LogP contribution is 2.18. The summed E-state index contributed by atoms with van der Waals surface area (Å²) in [5.41, 5.74) is 0. The maximum atomic E-state index is 12.0. The normalized spacial score (nSPS) is 14.4. The summed E-state index contributed by atoms with van der Waals surface area (Å²) in [5, 5.41) is 5.40. The predicted molar refractivity (Wildman–Crippen MR) is 88.2 cm³/mol. The maximum Gasteiger partial charge on any atom is 0.390 e. The van der Waals surface area contributed by atoms with Gasteiger partial charge in [-0.15, -0.1) is 24.0 Å². The lowest BCUT2D eigenvalue weighted by Gasteiger charge is -2.18. The topological polar surface area (TPSA) is 53.5 Å². The van der Waals surface area contributed by atoms with Gasteiger partial charge in [-0.3, -0.25) is 9.20 Å². The summed E-state index contributed by atoms with van der Waals surface area (Å²) < 4.78 is 47.3. The third-order valence-corrected chi connectivity index (χ3v) is 4.13. The minimum absolute atomic E-state index is 0. The summed E-state index contributed by atoms with van der Waals surface area (Å²) in [5.74, 6) is 0.707. The smallest absolute Gasteiger partial charge is 0.356 e. The van der Waals surface area contributed by atoms with Crippen molar-refractivity contribution in [3.63, 3.8) is 0 Å². The SMILES string of the molecule is CN=C(NCCS(=O)C(C)(C)C)NCCC(F)(F)F.I. The highest BCUT2D eigenvalue weighted by atomic mass is 127. The van der Waals surface area contributed by atoms with E-state index in [0.29, 0.717) is 12.3 Å². The van der Waals surface area contributed by atoms with E-state index in [4.69, 9.17) is 0 Å². The van der Waals surface area contributed by atoms with Crippen LogP contribution in [0, 0.1) is 0 Å². The van der Waals surface area contributed by atoms with Gasteiger partial charge in [-0.05, 0) is 20.8 Å². The van der Waals surface area contributed by atoms with Crippen molar-refractivity contribution in [3.05, 3.63) is 0 Å². The van der Waals surface area contributed by atoms with Gasteiger partial charge in [-0.2, -0.15) is 13.2 Å². The van der Waals surface area contributed by atoms with Crippen LogP contribution in [0.5, 0.6) is 0 Å². The third kappa shape index (κ3) is 11.7. The molecule has 9 heteroatoms. The van der Waals surface area contributed by atoms with Crippen molar-refractivity contribution in [2.75, 3.05) is 25.9 Å². The van der Waals surface area contributed by atoms with Crippen LogP contribution in [-0.2, 0) is 10.8 Å². The van der Waals surface area contributed by atoms with Crippen LogP contribution in [0.4, 0.5) is 13.2 Å². The van der Waals surface area contributed by atoms with Crippen molar-refractivity contribution in [2.24, 2.45) is 4.99 Å². The number of alkyl halides is 3. The number of hydrogen-bond donors (Lipinski definition) is 2. The van der Waals surface area contributed by atoms with Gasteiger partial charge in [0.15, 0.2) is 5.96 Å². The minimum Gasteiger partial charge on any atom is -0.356 e. The lowest BCUT2D eigenvalue weighted by Crippen LogP contribution is -2.41. The van der Waals surface area contributed by atoms with Crippen LogP contribution in [0.15, 0.2) is 4.99 Å².